The first-order valence-electron chi connectivity index (χ1n) is 11.2. The van der Waals surface area contributed by atoms with Crippen molar-refractivity contribution < 1.29 is 57.2 Å². The number of hydrogen-bond donors (Lipinski definition) is 2. The molecule has 196 valence electrons. The molecule has 1 amide bonds. The van der Waals surface area contributed by atoms with Gasteiger partial charge in [0.15, 0.2) is 0 Å². The molecule has 9 nitrogen and oxygen atoms in total. The molecule has 0 spiro atoms. The summed E-state index contributed by atoms with van der Waals surface area (Å²) in [5.41, 5.74) is 0.521. The van der Waals surface area contributed by atoms with Crippen LogP contribution in [0.4, 0.5) is 17.1 Å². The second-order valence-electron chi connectivity index (χ2n) is 8.05. The van der Waals surface area contributed by atoms with Crippen molar-refractivity contribution >= 4 is 67.1 Å². The number of nitrogens with one attached hydrogen (secondary N) is 1. The molecule has 39 heavy (non-hydrogen) atoms. The molecule has 0 aromatic heterocycles. The molecule has 0 saturated carbocycles. The van der Waals surface area contributed by atoms with E-state index in [2.05, 4.69) is 15.5 Å². The van der Waals surface area contributed by atoms with E-state index in [1.54, 1.807) is 49.4 Å². The number of fused-ring (bicyclic) bond motifs is 1. The van der Waals surface area contributed by atoms with Crippen molar-refractivity contribution in [2.45, 2.75) is 18.7 Å². The summed E-state index contributed by atoms with van der Waals surface area (Å²) in [6, 6.07) is 15.4. The minimum atomic E-state index is -4.54. The van der Waals surface area contributed by atoms with E-state index >= 15 is 0 Å². The van der Waals surface area contributed by atoms with Crippen LogP contribution in [-0.4, -0.2) is 25.5 Å². The predicted octanol–water partition coefficient (Wildman–Crippen LogP) is 3.85. The smallest absolute Gasteiger partial charge is 0.870 e. The summed E-state index contributed by atoms with van der Waals surface area (Å²) in [5, 5.41) is 25.5. The van der Waals surface area contributed by atoms with Gasteiger partial charge >= 0.3 is 29.6 Å². The molecule has 0 unspecified atom stereocenters. The van der Waals surface area contributed by atoms with Crippen molar-refractivity contribution in [3.8, 4) is 11.5 Å². The first-order chi connectivity index (χ1) is 18.0. The number of halogens is 2. The molecule has 4 aromatic rings. The number of rotatable bonds is 7. The van der Waals surface area contributed by atoms with E-state index in [9.17, 15) is 22.9 Å². The van der Waals surface area contributed by atoms with Gasteiger partial charge in [-0.2, -0.15) is 18.6 Å². The summed E-state index contributed by atoms with van der Waals surface area (Å²) in [5.74, 6) is -0.947. The number of carbonyl (C=O) groups is 1. The van der Waals surface area contributed by atoms with Gasteiger partial charge in [0.25, 0.3) is 16.0 Å². The molecule has 0 heterocycles. The van der Waals surface area contributed by atoms with Gasteiger partial charge in [0.2, 0.25) is 0 Å². The number of azo groups is 1. The maximum atomic E-state index is 13.4. The third kappa shape index (κ3) is 6.72. The van der Waals surface area contributed by atoms with E-state index in [1.807, 2.05) is 0 Å². The van der Waals surface area contributed by atoms with Crippen LogP contribution in [0.5, 0.6) is 11.5 Å². The maximum Gasteiger partial charge on any atom is 1.00 e. The van der Waals surface area contributed by atoms with Gasteiger partial charge in [0.1, 0.15) is 10.6 Å². The van der Waals surface area contributed by atoms with Gasteiger partial charge in [0, 0.05) is 22.7 Å². The summed E-state index contributed by atoms with van der Waals surface area (Å²) in [7, 11) is -4.54. The molecule has 0 atom stereocenters. The number of nitrogens with zero attached hydrogens (tertiary/aromatic N) is 2. The standard InChI is InChI=1S/C26H21Cl2N3O6S.Na/c1-3-37-21-13-16(8-9-19(21)27)29-26(33)18-12-15-6-4-5-7-17(15)24(25(18)32)31-30-20-10-11-22(38(34,35)36)23(28)14(20)2;/h4-13,32H,3H2,1-2H3,(H,29,33)(H,34,35,36);/q;+1/p-1. The van der Waals surface area contributed by atoms with Crippen molar-refractivity contribution in [3.63, 3.8) is 0 Å². The van der Waals surface area contributed by atoms with Crippen molar-refractivity contribution in [1.82, 2.24) is 0 Å². The Morgan fingerprint density at radius 2 is 1.79 bits per heavy atom. The van der Waals surface area contributed by atoms with Gasteiger partial charge in [0.05, 0.1) is 28.0 Å². The third-order valence-electron chi connectivity index (χ3n) is 5.57. The van der Waals surface area contributed by atoms with Crippen LogP contribution in [0.15, 0.2) is 75.8 Å². The van der Waals surface area contributed by atoms with Gasteiger partial charge < -0.3 is 15.2 Å². The number of anilines is 1. The van der Waals surface area contributed by atoms with Gasteiger partial charge in [-0.3, -0.25) is 9.35 Å². The van der Waals surface area contributed by atoms with Crippen molar-refractivity contribution in [3.05, 3.63) is 81.8 Å². The van der Waals surface area contributed by atoms with Crippen LogP contribution in [-0.2, 0) is 10.1 Å². The summed E-state index contributed by atoms with van der Waals surface area (Å²) in [6.07, 6.45) is 0. The first-order valence-corrected chi connectivity index (χ1v) is 13.4. The average molecular weight is 596 g/mol. The van der Waals surface area contributed by atoms with E-state index in [4.69, 9.17) is 27.9 Å². The molecule has 0 saturated heterocycles. The summed E-state index contributed by atoms with van der Waals surface area (Å²) in [6.45, 7) is 3.67. The van der Waals surface area contributed by atoms with E-state index in [-0.39, 0.29) is 57.1 Å². The minimum Gasteiger partial charge on any atom is -0.870 e. The number of ether oxygens (including phenoxy) is 1. The van der Waals surface area contributed by atoms with Crippen molar-refractivity contribution in [2.24, 2.45) is 10.2 Å². The van der Waals surface area contributed by atoms with Crippen LogP contribution in [0.25, 0.3) is 10.8 Å². The van der Waals surface area contributed by atoms with Gasteiger partial charge in [-0.25, -0.2) is 0 Å². The Morgan fingerprint density at radius 1 is 1.08 bits per heavy atom. The summed E-state index contributed by atoms with van der Waals surface area (Å²) < 4.78 is 37.8. The van der Waals surface area contributed by atoms with Crippen LogP contribution < -0.4 is 44.7 Å². The quantitative estimate of drug-likeness (QED) is 0.189. The topological polar surface area (TPSA) is 140 Å². The Morgan fingerprint density at radius 3 is 2.49 bits per heavy atom. The van der Waals surface area contributed by atoms with Crippen molar-refractivity contribution in [1.29, 1.82) is 0 Å². The normalized spacial score (nSPS) is 11.4. The Bertz CT molecular complexity index is 1710. The first kappa shape index (κ1) is 30.8. The van der Waals surface area contributed by atoms with E-state index in [0.717, 1.165) is 6.07 Å². The number of amides is 1. The molecule has 0 radical (unpaired) electrons. The average Bonchev–Trinajstić information content (AvgIpc) is 2.86. The fourth-order valence-corrected chi connectivity index (χ4v) is 4.93. The number of carbonyl (C=O) groups excluding carboxylic acids is 1. The SMILES string of the molecule is CCOc1cc(NC(=O)c2cc3ccccc3c(N=Nc3ccc(S(=O)(=O)O)c(Cl)c3C)c2[O-])ccc1Cl.[Na+]. The number of benzene rings is 4. The fourth-order valence-electron chi connectivity index (χ4n) is 3.68. The second-order valence-corrected chi connectivity index (χ2v) is 10.2. The Hall–Kier alpha value is -2.70. The molecular formula is C26H20Cl2N3NaO6S. The number of hydrogen-bond acceptors (Lipinski definition) is 7. The maximum absolute atomic E-state index is 13.4. The third-order valence-corrected chi connectivity index (χ3v) is 7.37. The van der Waals surface area contributed by atoms with Crippen LogP contribution in [0.2, 0.25) is 10.0 Å². The van der Waals surface area contributed by atoms with E-state index in [1.165, 1.54) is 19.1 Å². The van der Waals surface area contributed by atoms with Crippen molar-refractivity contribution in [2.75, 3.05) is 11.9 Å². The Labute approximate surface area is 256 Å². The molecule has 0 bridgehead atoms. The molecule has 13 heteroatoms. The Balaban J connectivity index is 0.00000420. The predicted molar refractivity (Wildman–Crippen MR) is 144 cm³/mol. The molecule has 2 N–H and O–H groups in total. The van der Waals surface area contributed by atoms with E-state index in [0.29, 0.717) is 33.8 Å². The summed E-state index contributed by atoms with van der Waals surface area (Å²) in [4.78, 5) is 12.7. The fraction of sp³-hybridized carbons (Fsp3) is 0.115. The second kappa shape index (κ2) is 12.6. The molecule has 0 aliphatic carbocycles. The molecule has 0 aliphatic rings. The van der Waals surface area contributed by atoms with Gasteiger partial charge in [-0.15, -0.1) is 0 Å². The van der Waals surface area contributed by atoms with Gasteiger partial charge in [-0.1, -0.05) is 53.2 Å². The Kier molecular flexibility index (Phi) is 10.0. The summed E-state index contributed by atoms with van der Waals surface area (Å²) >= 11 is 12.2. The molecule has 0 fully saturated rings. The van der Waals surface area contributed by atoms with Crippen LogP contribution in [0.1, 0.15) is 22.8 Å². The molecule has 4 aromatic carbocycles. The van der Waals surface area contributed by atoms with Crippen LogP contribution in [0.3, 0.4) is 0 Å². The van der Waals surface area contributed by atoms with Gasteiger partial charge in [-0.05, 0) is 55.1 Å². The molecule has 0 aliphatic heterocycles. The molecular weight excluding hydrogens is 576 g/mol. The minimum absolute atomic E-state index is 0. The monoisotopic (exact) mass is 595 g/mol. The zero-order chi connectivity index (χ0) is 27.6. The van der Waals surface area contributed by atoms with E-state index < -0.39 is 26.7 Å². The molecule has 4 rings (SSSR count). The largest absolute Gasteiger partial charge is 1.00 e. The zero-order valence-electron chi connectivity index (χ0n) is 21.0. The van der Waals surface area contributed by atoms with Crippen LogP contribution >= 0.6 is 23.2 Å². The zero-order valence-corrected chi connectivity index (χ0v) is 25.4. The van der Waals surface area contributed by atoms with Crippen LogP contribution in [0, 0.1) is 6.92 Å².